The van der Waals surface area contributed by atoms with Crippen LogP contribution in [0.1, 0.15) is 20.3 Å². The van der Waals surface area contributed by atoms with Gasteiger partial charge in [-0.15, -0.1) is 0 Å². The lowest BCUT2D eigenvalue weighted by Crippen LogP contribution is -2.32. The third-order valence-corrected chi connectivity index (χ3v) is 5.55. The summed E-state index contributed by atoms with van der Waals surface area (Å²) in [4.78, 5) is 11.6. The van der Waals surface area contributed by atoms with E-state index in [9.17, 15) is 13.2 Å². The van der Waals surface area contributed by atoms with Gasteiger partial charge < -0.3 is 15.2 Å². The fourth-order valence-electron chi connectivity index (χ4n) is 2.01. The molecule has 2 N–H and O–H groups in total. The van der Waals surface area contributed by atoms with E-state index in [1.807, 2.05) is 0 Å². The Bertz CT molecular complexity index is 647. The standard InChI is InChI=1S/C15H23ClN2O5S/c1-3-18(4-2)24(21,22)14-10-12(16)6-7-13(14)23-11-15(20)17-8-5-9-19/h6-7,10,19H,3-5,8-9,11H2,1-2H3,(H,17,20). The molecule has 0 spiro atoms. The van der Waals surface area contributed by atoms with Crippen LogP contribution >= 0.6 is 11.6 Å². The predicted molar refractivity (Wildman–Crippen MR) is 91.8 cm³/mol. The molecule has 1 aromatic rings. The first-order valence-corrected chi connectivity index (χ1v) is 9.48. The van der Waals surface area contributed by atoms with Gasteiger partial charge in [0.25, 0.3) is 5.91 Å². The molecular weight excluding hydrogens is 356 g/mol. The molecule has 0 aliphatic carbocycles. The SMILES string of the molecule is CCN(CC)S(=O)(=O)c1cc(Cl)ccc1OCC(=O)NCCCO. The highest BCUT2D eigenvalue weighted by Gasteiger charge is 2.26. The minimum Gasteiger partial charge on any atom is -0.482 e. The minimum absolute atomic E-state index is 0.0232. The van der Waals surface area contributed by atoms with Crippen molar-refractivity contribution in [2.45, 2.75) is 25.2 Å². The van der Waals surface area contributed by atoms with E-state index in [0.29, 0.717) is 26.1 Å². The van der Waals surface area contributed by atoms with Crippen molar-refractivity contribution in [3.05, 3.63) is 23.2 Å². The molecule has 0 heterocycles. The Balaban J connectivity index is 2.95. The molecule has 9 heteroatoms. The molecule has 0 saturated heterocycles. The topological polar surface area (TPSA) is 95.9 Å². The molecule has 1 amide bonds. The molecule has 0 atom stereocenters. The van der Waals surface area contributed by atoms with Crippen molar-refractivity contribution in [2.24, 2.45) is 0 Å². The zero-order valence-electron chi connectivity index (χ0n) is 13.8. The normalized spacial score (nSPS) is 11.5. The highest BCUT2D eigenvalue weighted by molar-refractivity contribution is 7.89. The van der Waals surface area contributed by atoms with Crippen LogP contribution in [0.15, 0.2) is 23.1 Å². The van der Waals surface area contributed by atoms with Crippen molar-refractivity contribution in [2.75, 3.05) is 32.8 Å². The molecule has 0 bridgehead atoms. The summed E-state index contributed by atoms with van der Waals surface area (Å²) in [5.74, 6) is -0.326. The summed E-state index contributed by atoms with van der Waals surface area (Å²) in [6.45, 7) is 4.07. The average Bonchev–Trinajstić information content (AvgIpc) is 2.54. The van der Waals surface area contributed by atoms with Gasteiger partial charge in [-0.2, -0.15) is 4.31 Å². The third-order valence-electron chi connectivity index (χ3n) is 3.24. The number of ether oxygens (including phenoxy) is 1. The molecule has 0 aliphatic rings. The first-order chi connectivity index (χ1) is 11.4. The van der Waals surface area contributed by atoms with E-state index < -0.39 is 15.9 Å². The van der Waals surface area contributed by atoms with E-state index in [2.05, 4.69) is 5.32 Å². The number of nitrogens with one attached hydrogen (secondary N) is 1. The lowest BCUT2D eigenvalue weighted by molar-refractivity contribution is -0.123. The van der Waals surface area contributed by atoms with Crippen LogP contribution in [0.25, 0.3) is 0 Å². The molecule has 0 fully saturated rings. The van der Waals surface area contributed by atoms with Crippen LogP contribution < -0.4 is 10.1 Å². The van der Waals surface area contributed by atoms with E-state index in [0.717, 1.165) is 0 Å². The average molecular weight is 379 g/mol. The Morgan fingerprint density at radius 2 is 2.00 bits per heavy atom. The molecule has 1 aromatic carbocycles. The zero-order chi connectivity index (χ0) is 18.2. The molecular formula is C15H23ClN2O5S. The number of aliphatic hydroxyl groups is 1. The minimum atomic E-state index is -3.76. The Morgan fingerprint density at radius 1 is 1.33 bits per heavy atom. The van der Waals surface area contributed by atoms with Crippen molar-refractivity contribution in [1.82, 2.24) is 9.62 Å². The highest BCUT2D eigenvalue weighted by atomic mass is 35.5. The summed E-state index contributed by atoms with van der Waals surface area (Å²) < 4.78 is 32.0. The fourth-order valence-corrected chi connectivity index (χ4v) is 3.86. The number of nitrogens with zero attached hydrogens (tertiary/aromatic N) is 1. The highest BCUT2D eigenvalue weighted by Crippen LogP contribution is 2.29. The van der Waals surface area contributed by atoms with Gasteiger partial charge in [0.05, 0.1) is 0 Å². The molecule has 1 rings (SSSR count). The first-order valence-electron chi connectivity index (χ1n) is 7.66. The number of halogens is 1. The summed E-state index contributed by atoms with van der Waals surface area (Å²) in [6, 6.07) is 4.25. The van der Waals surface area contributed by atoms with Gasteiger partial charge in [0, 0.05) is 31.3 Å². The van der Waals surface area contributed by atoms with Gasteiger partial charge in [0.1, 0.15) is 10.6 Å². The Labute approximate surface area is 147 Å². The van der Waals surface area contributed by atoms with Gasteiger partial charge in [0.15, 0.2) is 6.61 Å². The van der Waals surface area contributed by atoms with Gasteiger partial charge in [-0.1, -0.05) is 25.4 Å². The molecule has 24 heavy (non-hydrogen) atoms. The Morgan fingerprint density at radius 3 is 2.58 bits per heavy atom. The molecule has 0 aromatic heterocycles. The van der Waals surface area contributed by atoms with Crippen LogP contribution in [0.2, 0.25) is 5.02 Å². The van der Waals surface area contributed by atoms with Crippen LogP contribution in [-0.2, 0) is 14.8 Å². The largest absolute Gasteiger partial charge is 0.482 e. The Hall–Kier alpha value is -1.35. The summed E-state index contributed by atoms with van der Waals surface area (Å²) in [6.07, 6.45) is 0.439. The number of hydrogen-bond donors (Lipinski definition) is 2. The molecule has 0 aliphatic heterocycles. The van der Waals surface area contributed by atoms with E-state index in [4.69, 9.17) is 21.4 Å². The monoisotopic (exact) mass is 378 g/mol. The van der Waals surface area contributed by atoms with Crippen molar-refractivity contribution >= 4 is 27.5 Å². The Kier molecular flexibility index (Phi) is 8.47. The van der Waals surface area contributed by atoms with E-state index in [-0.39, 0.29) is 28.9 Å². The zero-order valence-corrected chi connectivity index (χ0v) is 15.4. The number of carbonyl (C=O) groups is 1. The van der Waals surface area contributed by atoms with Crippen molar-refractivity contribution < 1.29 is 23.1 Å². The number of aliphatic hydroxyl groups excluding tert-OH is 1. The maximum Gasteiger partial charge on any atom is 0.257 e. The fraction of sp³-hybridized carbons (Fsp3) is 0.533. The van der Waals surface area contributed by atoms with Crippen molar-refractivity contribution in [3.63, 3.8) is 0 Å². The van der Waals surface area contributed by atoms with Crippen molar-refractivity contribution in [3.8, 4) is 5.75 Å². The van der Waals surface area contributed by atoms with E-state index in [1.165, 1.54) is 22.5 Å². The van der Waals surface area contributed by atoms with Crippen LogP contribution in [0, 0.1) is 0 Å². The molecule has 0 unspecified atom stereocenters. The quantitative estimate of drug-likeness (QED) is 0.597. The van der Waals surface area contributed by atoms with Crippen LogP contribution in [0.5, 0.6) is 5.75 Å². The van der Waals surface area contributed by atoms with Gasteiger partial charge in [-0.3, -0.25) is 4.79 Å². The molecule has 7 nitrogen and oxygen atoms in total. The van der Waals surface area contributed by atoms with E-state index in [1.54, 1.807) is 13.8 Å². The van der Waals surface area contributed by atoms with Gasteiger partial charge in [0.2, 0.25) is 10.0 Å². The summed E-state index contributed by atoms with van der Waals surface area (Å²) >= 11 is 5.92. The lowest BCUT2D eigenvalue weighted by atomic mass is 10.3. The maximum absolute atomic E-state index is 12.7. The third kappa shape index (κ3) is 5.62. The number of sulfonamides is 1. The maximum atomic E-state index is 12.7. The van der Waals surface area contributed by atoms with Gasteiger partial charge >= 0.3 is 0 Å². The van der Waals surface area contributed by atoms with Gasteiger partial charge in [-0.05, 0) is 24.6 Å². The number of hydrogen-bond acceptors (Lipinski definition) is 5. The second-order valence-electron chi connectivity index (χ2n) is 4.90. The summed E-state index contributed by atoms with van der Waals surface area (Å²) in [7, 11) is -3.76. The second kappa shape index (κ2) is 9.83. The molecule has 0 radical (unpaired) electrons. The molecule has 136 valence electrons. The summed E-state index contributed by atoms with van der Waals surface area (Å²) in [5.41, 5.74) is 0. The van der Waals surface area contributed by atoms with E-state index >= 15 is 0 Å². The number of carbonyl (C=O) groups excluding carboxylic acids is 1. The molecule has 0 saturated carbocycles. The second-order valence-corrected chi connectivity index (χ2v) is 7.24. The number of benzene rings is 1. The number of amides is 1. The predicted octanol–water partition coefficient (Wildman–Crippen LogP) is 1.25. The summed E-state index contributed by atoms with van der Waals surface area (Å²) in [5, 5.41) is 11.5. The van der Waals surface area contributed by atoms with Crippen LogP contribution in [-0.4, -0.2) is 56.6 Å². The number of rotatable bonds is 10. The smallest absolute Gasteiger partial charge is 0.257 e. The van der Waals surface area contributed by atoms with Crippen molar-refractivity contribution in [1.29, 1.82) is 0 Å². The van der Waals surface area contributed by atoms with Crippen LogP contribution in [0.4, 0.5) is 0 Å². The lowest BCUT2D eigenvalue weighted by Gasteiger charge is -2.20. The first kappa shape index (κ1) is 20.7. The van der Waals surface area contributed by atoms with Gasteiger partial charge in [-0.25, -0.2) is 8.42 Å². The van der Waals surface area contributed by atoms with Crippen LogP contribution in [0.3, 0.4) is 0 Å².